The largest absolute Gasteiger partial charge is 0.299 e. The number of hydrogen-bond acceptors (Lipinski definition) is 3. The van der Waals surface area contributed by atoms with Gasteiger partial charge in [0, 0.05) is 27.1 Å². The molecule has 0 fully saturated rings. The number of hydrogen-bond donors (Lipinski definition) is 0. The molecule has 2 aromatic heterocycles. The summed E-state index contributed by atoms with van der Waals surface area (Å²) in [5.74, 6) is 0.278. The Morgan fingerprint density at radius 1 is 1.20 bits per heavy atom. The Bertz CT molecular complexity index is 445. The maximum absolute atomic E-state index is 11.7. The van der Waals surface area contributed by atoms with Crippen LogP contribution in [0.25, 0.3) is 0 Å². The van der Waals surface area contributed by atoms with Crippen LogP contribution < -0.4 is 0 Å². The van der Waals surface area contributed by atoms with Crippen molar-refractivity contribution in [2.24, 2.45) is 0 Å². The van der Waals surface area contributed by atoms with Gasteiger partial charge in [-0.15, -0.1) is 22.7 Å². The summed E-state index contributed by atoms with van der Waals surface area (Å²) in [6.45, 7) is 0. The standard InChI is InChI=1S/C11H9BrOS2/c12-10-3-5-15-11(10)7-8(13)6-9-2-1-4-14-9/h1-5H,6-7H2. The molecule has 0 saturated heterocycles. The van der Waals surface area contributed by atoms with Gasteiger partial charge in [-0.3, -0.25) is 4.79 Å². The molecule has 78 valence electrons. The summed E-state index contributed by atoms with van der Waals surface area (Å²) in [5.41, 5.74) is 0. The normalized spacial score (nSPS) is 10.5. The van der Waals surface area contributed by atoms with E-state index in [4.69, 9.17) is 0 Å². The molecule has 0 spiro atoms. The van der Waals surface area contributed by atoms with Crippen LogP contribution in [0.1, 0.15) is 9.75 Å². The minimum Gasteiger partial charge on any atom is -0.299 e. The molecule has 2 rings (SSSR count). The molecule has 15 heavy (non-hydrogen) atoms. The number of Topliss-reactive ketones (excluding diaryl/α,β-unsaturated/α-hetero) is 1. The lowest BCUT2D eigenvalue weighted by molar-refractivity contribution is -0.117. The van der Waals surface area contributed by atoms with Crippen LogP contribution in [0.5, 0.6) is 0 Å². The van der Waals surface area contributed by atoms with Gasteiger partial charge in [-0.1, -0.05) is 6.07 Å². The van der Waals surface area contributed by atoms with E-state index in [0.29, 0.717) is 12.8 Å². The second kappa shape index (κ2) is 5.05. The van der Waals surface area contributed by atoms with Gasteiger partial charge in [0.2, 0.25) is 0 Å². The predicted octanol–water partition coefficient (Wildman–Crippen LogP) is 3.93. The van der Waals surface area contributed by atoms with Crippen LogP contribution in [0.15, 0.2) is 33.4 Å². The van der Waals surface area contributed by atoms with Gasteiger partial charge in [-0.25, -0.2) is 0 Å². The third-order valence-electron chi connectivity index (χ3n) is 2.00. The summed E-state index contributed by atoms with van der Waals surface area (Å²) >= 11 is 6.70. The quantitative estimate of drug-likeness (QED) is 0.836. The SMILES string of the molecule is O=C(Cc1cccs1)Cc1sccc1Br. The predicted molar refractivity (Wildman–Crippen MR) is 68.8 cm³/mol. The summed E-state index contributed by atoms with van der Waals surface area (Å²) in [4.78, 5) is 14.0. The molecule has 1 nitrogen and oxygen atoms in total. The monoisotopic (exact) mass is 300 g/mol. The fourth-order valence-corrected chi connectivity index (χ4v) is 3.55. The first-order chi connectivity index (χ1) is 7.25. The number of ketones is 1. The summed E-state index contributed by atoms with van der Waals surface area (Å²) in [6.07, 6.45) is 1.10. The first-order valence-electron chi connectivity index (χ1n) is 4.51. The topological polar surface area (TPSA) is 17.1 Å². The average molecular weight is 301 g/mol. The van der Waals surface area contributed by atoms with Crippen molar-refractivity contribution >= 4 is 44.4 Å². The summed E-state index contributed by atoms with van der Waals surface area (Å²) in [6, 6.07) is 5.97. The third kappa shape index (κ3) is 3.00. The molecule has 0 aliphatic carbocycles. The van der Waals surface area contributed by atoms with E-state index >= 15 is 0 Å². The van der Waals surface area contributed by atoms with E-state index in [0.717, 1.165) is 14.2 Å². The van der Waals surface area contributed by atoms with E-state index in [1.807, 2.05) is 29.0 Å². The van der Waals surface area contributed by atoms with Crippen LogP contribution in [0, 0.1) is 0 Å². The third-order valence-corrected chi connectivity index (χ3v) is 4.80. The van der Waals surface area contributed by atoms with E-state index in [-0.39, 0.29) is 5.78 Å². The van der Waals surface area contributed by atoms with Gasteiger partial charge in [-0.05, 0) is 38.8 Å². The number of halogens is 1. The van der Waals surface area contributed by atoms with Gasteiger partial charge in [0.05, 0.1) is 0 Å². The van der Waals surface area contributed by atoms with E-state index in [1.165, 1.54) is 0 Å². The Morgan fingerprint density at radius 3 is 2.67 bits per heavy atom. The zero-order valence-electron chi connectivity index (χ0n) is 7.90. The molecule has 2 aromatic rings. The fraction of sp³-hybridized carbons (Fsp3) is 0.182. The van der Waals surface area contributed by atoms with E-state index in [1.54, 1.807) is 22.7 Å². The fourth-order valence-electron chi connectivity index (χ4n) is 1.30. The Morgan fingerprint density at radius 2 is 2.07 bits per heavy atom. The van der Waals surface area contributed by atoms with Gasteiger partial charge in [-0.2, -0.15) is 0 Å². The van der Waals surface area contributed by atoms with Crippen molar-refractivity contribution in [3.05, 3.63) is 43.2 Å². The molecule has 0 bridgehead atoms. The molecule has 0 aliphatic rings. The lowest BCUT2D eigenvalue weighted by Crippen LogP contribution is -2.04. The van der Waals surface area contributed by atoms with Crippen molar-refractivity contribution in [2.75, 3.05) is 0 Å². The maximum atomic E-state index is 11.7. The van der Waals surface area contributed by atoms with Crippen molar-refractivity contribution in [2.45, 2.75) is 12.8 Å². The molecule has 0 atom stereocenters. The molecule has 2 heterocycles. The zero-order valence-corrected chi connectivity index (χ0v) is 11.1. The highest BCUT2D eigenvalue weighted by Crippen LogP contribution is 2.23. The first kappa shape index (κ1) is 11.0. The second-order valence-corrected chi connectivity index (χ2v) is 6.05. The molecule has 0 radical (unpaired) electrons. The van der Waals surface area contributed by atoms with Crippen molar-refractivity contribution in [3.8, 4) is 0 Å². The summed E-state index contributed by atoms with van der Waals surface area (Å²) in [5, 5.41) is 4.00. The Kier molecular flexibility index (Phi) is 3.72. The number of carbonyl (C=O) groups excluding carboxylic acids is 1. The van der Waals surface area contributed by atoms with Crippen LogP contribution in [-0.4, -0.2) is 5.78 Å². The maximum Gasteiger partial charge on any atom is 0.143 e. The highest BCUT2D eigenvalue weighted by atomic mass is 79.9. The van der Waals surface area contributed by atoms with E-state index in [2.05, 4.69) is 15.9 Å². The van der Waals surface area contributed by atoms with Crippen molar-refractivity contribution in [1.82, 2.24) is 0 Å². The van der Waals surface area contributed by atoms with Crippen LogP contribution in [-0.2, 0) is 17.6 Å². The molecule has 4 heteroatoms. The van der Waals surface area contributed by atoms with Gasteiger partial charge in [0.15, 0.2) is 0 Å². The van der Waals surface area contributed by atoms with Gasteiger partial charge < -0.3 is 0 Å². The van der Waals surface area contributed by atoms with Crippen LogP contribution in [0.4, 0.5) is 0 Å². The lowest BCUT2D eigenvalue weighted by Gasteiger charge is -1.97. The van der Waals surface area contributed by atoms with E-state index in [9.17, 15) is 4.79 Å². The second-order valence-electron chi connectivity index (χ2n) is 3.16. The summed E-state index contributed by atoms with van der Waals surface area (Å²) in [7, 11) is 0. The molecule has 0 N–H and O–H groups in total. The molecule has 0 unspecified atom stereocenters. The number of carbonyl (C=O) groups is 1. The Labute approximate surface area is 105 Å². The summed E-state index contributed by atoms with van der Waals surface area (Å²) < 4.78 is 1.05. The van der Waals surface area contributed by atoms with E-state index < -0.39 is 0 Å². The Hall–Kier alpha value is -0.450. The Balaban J connectivity index is 1.96. The van der Waals surface area contributed by atoms with Crippen molar-refractivity contribution < 1.29 is 4.79 Å². The highest BCUT2D eigenvalue weighted by Gasteiger charge is 2.09. The molecule has 0 saturated carbocycles. The van der Waals surface area contributed by atoms with Crippen LogP contribution in [0.2, 0.25) is 0 Å². The van der Waals surface area contributed by atoms with Crippen LogP contribution >= 0.6 is 38.6 Å². The minimum absolute atomic E-state index is 0.278. The molecule has 0 amide bonds. The van der Waals surface area contributed by atoms with Gasteiger partial charge in [0.25, 0.3) is 0 Å². The number of rotatable bonds is 4. The molecule has 0 aliphatic heterocycles. The lowest BCUT2D eigenvalue weighted by atomic mass is 10.2. The smallest absolute Gasteiger partial charge is 0.143 e. The van der Waals surface area contributed by atoms with Crippen molar-refractivity contribution in [3.63, 3.8) is 0 Å². The highest BCUT2D eigenvalue weighted by molar-refractivity contribution is 9.10. The molecule has 0 aromatic carbocycles. The van der Waals surface area contributed by atoms with Crippen LogP contribution in [0.3, 0.4) is 0 Å². The molecular formula is C11H9BrOS2. The first-order valence-corrected chi connectivity index (χ1v) is 7.07. The minimum atomic E-state index is 0.278. The zero-order chi connectivity index (χ0) is 10.7. The van der Waals surface area contributed by atoms with Crippen molar-refractivity contribution in [1.29, 1.82) is 0 Å². The molecular weight excluding hydrogens is 292 g/mol. The van der Waals surface area contributed by atoms with Gasteiger partial charge in [0.1, 0.15) is 5.78 Å². The number of thiophene rings is 2. The average Bonchev–Trinajstić information content (AvgIpc) is 2.79. The van der Waals surface area contributed by atoms with Gasteiger partial charge >= 0.3 is 0 Å².